The van der Waals surface area contributed by atoms with Crippen LogP contribution in [0.15, 0.2) is 41.1 Å². The zero-order chi connectivity index (χ0) is 17.3. The second kappa shape index (κ2) is 5.91. The number of hydrogen-bond donors (Lipinski definition) is 3. The smallest absolute Gasteiger partial charge is 0.334 e. The van der Waals surface area contributed by atoms with E-state index in [1.54, 1.807) is 0 Å². The SMILES string of the molecule is CC1=C(C(=O)O)C(C)C(C(=O)O)=C(c2cccc([N+](=O)[O-])c2)N1. The Kier molecular flexibility index (Phi) is 4.17. The van der Waals surface area contributed by atoms with E-state index >= 15 is 0 Å². The molecule has 8 heteroatoms. The van der Waals surface area contributed by atoms with Crippen molar-refractivity contribution >= 4 is 23.3 Å². The lowest BCUT2D eigenvalue weighted by atomic mass is 9.85. The average molecular weight is 318 g/mol. The van der Waals surface area contributed by atoms with E-state index in [-0.39, 0.29) is 22.5 Å². The molecule has 0 fully saturated rings. The average Bonchev–Trinajstić information content (AvgIpc) is 2.45. The van der Waals surface area contributed by atoms with Crippen molar-refractivity contribution < 1.29 is 24.7 Å². The molecule has 0 spiro atoms. The van der Waals surface area contributed by atoms with Crippen molar-refractivity contribution in [2.24, 2.45) is 5.92 Å². The van der Waals surface area contributed by atoms with Gasteiger partial charge < -0.3 is 15.5 Å². The van der Waals surface area contributed by atoms with Crippen molar-refractivity contribution in [2.75, 3.05) is 0 Å². The molecule has 1 heterocycles. The largest absolute Gasteiger partial charge is 0.478 e. The predicted octanol–water partition coefficient (Wildman–Crippen LogP) is 1.99. The van der Waals surface area contributed by atoms with Crippen LogP contribution in [-0.4, -0.2) is 27.1 Å². The van der Waals surface area contributed by atoms with Crippen LogP contribution in [0, 0.1) is 16.0 Å². The summed E-state index contributed by atoms with van der Waals surface area (Å²) < 4.78 is 0. The van der Waals surface area contributed by atoms with Crippen LogP contribution in [0.5, 0.6) is 0 Å². The van der Waals surface area contributed by atoms with Crippen LogP contribution in [0.3, 0.4) is 0 Å². The lowest BCUT2D eigenvalue weighted by molar-refractivity contribution is -0.384. The Morgan fingerprint density at radius 1 is 1.22 bits per heavy atom. The van der Waals surface area contributed by atoms with Gasteiger partial charge in [-0.25, -0.2) is 9.59 Å². The fraction of sp³-hybridized carbons (Fsp3) is 0.200. The Bertz CT molecular complexity index is 778. The number of carboxylic acid groups (broad SMARTS) is 2. The number of hydrogen-bond acceptors (Lipinski definition) is 5. The molecule has 1 aliphatic rings. The summed E-state index contributed by atoms with van der Waals surface area (Å²) in [5, 5.41) is 32.4. The van der Waals surface area contributed by atoms with Crippen molar-refractivity contribution in [2.45, 2.75) is 13.8 Å². The first-order valence-electron chi connectivity index (χ1n) is 6.67. The Morgan fingerprint density at radius 2 is 1.83 bits per heavy atom. The number of dihydropyridines is 1. The second-order valence-corrected chi connectivity index (χ2v) is 5.09. The highest BCUT2D eigenvalue weighted by Crippen LogP contribution is 2.34. The molecule has 1 atom stereocenters. The number of aliphatic carboxylic acids is 2. The summed E-state index contributed by atoms with van der Waals surface area (Å²) in [5.74, 6) is -3.35. The number of nitro groups is 1. The van der Waals surface area contributed by atoms with Gasteiger partial charge >= 0.3 is 11.9 Å². The number of allylic oxidation sites excluding steroid dienone is 1. The monoisotopic (exact) mass is 318 g/mol. The topological polar surface area (TPSA) is 130 Å². The van der Waals surface area contributed by atoms with Crippen LogP contribution in [0.4, 0.5) is 5.69 Å². The summed E-state index contributed by atoms with van der Waals surface area (Å²) in [6, 6.07) is 5.52. The highest BCUT2D eigenvalue weighted by atomic mass is 16.6. The molecule has 1 unspecified atom stereocenters. The molecular weight excluding hydrogens is 304 g/mol. The molecule has 1 aliphatic heterocycles. The first kappa shape index (κ1) is 16.2. The van der Waals surface area contributed by atoms with Crippen LogP contribution < -0.4 is 5.32 Å². The minimum atomic E-state index is -1.28. The standard InChI is InChI=1S/C15H14N2O6/c1-7-11(14(18)19)8(2)16-13(12(7)15(20)21)9-4-3-5-10(6-9)17(22)23/h3-7,16H,1-2H3,(H,18,19)(H,20,21). The summed E-state index contributed by atoms with van der Waals surface area (Å²) in [5.41, 5.74) is 0.407. The van der Waals surface area contributed by atoms with E-state index in [1.165, 1.54) is 38.1 Å². The van der Waals surface area contributed by atoms with E-state index in [9.17, 15) is 29.9 Å². The van der Waals surface area contributed by atoms with Gasteiger partial charge in [-0.3, -0.25) is 10.1 Å². The molecule has 0 radical (unpaired) electrons. The van der Waals surface area contributed by atoms with Gasteiger partial charge in [0.25, 0.3) is 5.69 Å². The lowest BCUT2D eigenvalue weighted by Gasteiger charge is -2.27. The summed E-state index contributed by atoms with van der Waals surface area (Å²) in [7, 11) is 0. The number of nitro benzene ring substituents is 1. The summed E-state index contributed by atoms with van der Waals surface area (Å²) in [6.07, 6.45) is 0. The molecule has 0 amide bonds. The van der Waals surface area contributed by atoms with Gasteiger partial charge in [0.1, 0.15) is 0 Å². The predicted molar refractivity (Wildman–Crippen MR) is 80.3 cm³/mol. The van der Waals surface area contributed by atoms with Gasteiger partial charge in [-0.05, 0) is 6.92 Å². The molecule has 23 heavy (non-hydrogen) atoms. The van der Waals surface area contributed by atoms with E-state index in [4.69, 9.17) is 0 Å². The van der Waals surface area contributed by atoms with E-state index in [2.05, 4.69) is 5.32 Å². The number of nitrogens with zero attached hydrogens (tertiary/aromatic N) is 1. The molecule has 2 rings (SSSR count). The number of rotatable bonds is 4. The fourth-order valence-electron chi connectivity index (χ4n) is 2.65. The Morgan fingerprint density at radius 3 is 2.35 bits per heavy atom. The number of carbonyl (C=O) groups is 2. The number of nitrogens with one attached hydrogen (secondary N) is 1. The maximum Gasteiger partial charge on any atom is 0.334 e. The third-order valence-electron chi connectivity index (χ3n) is 3.66. The summed E-state index contributed by atoms with van der Waals surface area (Å²) in [4.78, 5) is 33.2. The van der Waals surface area contributed by atoms with Crippen LogP contribution in [0.25, 0.3) is 5.70 Å². The van der Waals surface area contributed by atoms with E-state index in [0.29, 0.717) is 11.3 Å². The van der Waals surface area contributed by atoms with Crippen LogP contribution >= 0.6 is 0 Å². The summed E-state index contributed by atoms with van der Waals surface area (Å²) in [6.45, 7) is 3.00. The van der Waals surface area contributed by atoms with Crippen molar-refractivity contribution in [3.8, 4) is 0 Å². The van der Waals surface area contributed by atoms with Crippen LogP contribution in [0.1, 0.15) is 19.4 Å². The first-order chi connectivity index (χ1) is 10.7. The van der Waals surface area contributed by atoms with Gasteiger partial charge in [-0.2, -0.15) is 0 Å². The van der Waals surface area contributed by atoms with Crippen LogP contribution in [0.2, 0.25) is 0 Å². The molecule has 120 valence electrons. The maximum absolute atomic E-state index is 11.6. The molecule has 1 aromatic carbocycles. The minimum Gasteiger partial charge on any atom is -0.478 e. The van der Waals surface area contributed by atoms with Crippen molar-refractivity contribution in [1.82, 2.24) is 5.32 Å². The molecular formula is C15H14N2O6. The van der Waals surface area contributed by atoms with E-state index in [1.807, 2.05) is 0 Å². The van der Waals surface area contributed by atoms with Gasteiger partial charge in [-0.1, -0.05) is 19.1 Å². The third-order valence-corrected chi connectivity index (χ3v) is 3.66. The zero-order valence-electron chi connectivity index (χ0n) is 12.4. The fourth-order valence-corrected chi connectivity index (χ4v) is 2.65. The second-order valence-electron chi connectivity index (χ2n) is 5.09. The maximum atomic E-state index is 11.6. The molecule has 0 aliphatic carbocycles. The molecule has 0 aromatic heterocycles. The quantitative estimate of drug-likeness (QED) is 0.571. The molecule has 1 aromatic rings. The van der Waals surface area contributed by atoms with Crippen molar-refractivity contribution in [3.05, 3.63) is 56.8 Å². The summed E-state index contributed by atoms with van der Waals surface area (Å²) >= 11 is 0. The molecule has 8 nitrogen and oxygen atoms in total. The van der Waals surface area contributed by atoms with E-state index in [0.717, 1.165) is 0 Å². The number of benzene rings is 1. The van der Waals surface area contributed by atoms with Gasteiger partial charge in [0.05, 0.1) is 21.8 Å². The van der Waals surface area contributed by atoms with Gasteiger partial charge in [-0.15, -0.1) is 0 Å². The lowest BCUT2D eigenvalue weighted by Crippen LogP contribution is -2.31. The molecule has 0 bridgehead atoms. The molecule has 3 N–H and O–H groups in total. The van der Waals surface area contributed by atoms with E-state index < -0.39 is 22.8 Å². The highest BCUT2D eigenvalue weighted by molar-refractivity contribution is 6.02. The van der Waals surface area contributed by atoms with Gasteiger partial charge in [0.2, 0.25) is 0 Å². The van der Waals surface area contributed by atoms with Gasteiger partial charge in [0.15, 0.2) is 0 Å². The minimum absolute atomic E-state index is 0.0448. The number of non-ortho nitro benzene ring substituents is 1. The van der Waals surface area contributed by atoms with Crippen molar-refractivity contribution in [3.63, 3.8) is 0 Å². The van der Waals surface area contributed by atoms with Crippen LogP contribution in [-0.2, 0) is 9.59 Å². The normalized spacial score (nSPS) is 17.7. The zero-order valence-corrected chi connectivity index (χ0v) is 12.4. The highest BCUT2D eigenvalue weighted by Gasteiger charge is 2.34. The van der Waals surface area contributed by atoms with Crippen molar-refractivity contribution in [1.29, 1.82) is 0 Å². The first-order valence-corrected chi connectivity index (χ1v) is 6.67. The Hall–Kier alpha value is -3.16. The number of carboxylic acids is 2. The third kappa shape index (κ3) is 2.91. The molecule has 0 saturated carbocycles. The Labute approximate surface area is 130 Å². The molecule has 0 saturated heterocycles. The van der Waals surface area contributed by atoms with Gasteiger partial charge in [0, 0.05) is 29.3 Å². The Balaban J connectivity index is 2.64.